The van der Waals surface area contributed by atoms with Crippen molar-refractivity contribution in [2.45, 2.75) is 31.7 Å². The van der Waals surface area contributed by atoms with Crippen LogP contribution in [0.4, 0.5) is 0 Å². The van der Waals surface area contributed by atoms with E-state index in [1.807, 2.05) is 0 Å². The molecule has 1 atom stereocenters. The van der Waals surface area contributed by atoms with Crippen molar-refractivity contribution in [1.82, 2.24) is 5.32 Å². The number of aliphatic hydroxyl groups excluding tert-OH is 1. The van der Waals surface area contributed by atoms with Gasteiger partial charge in [-0.15, -0.1) is 0 Å². The van der Waals surface area contributed by atoms with Crippen LogP contribution in [-0.4, -0.2) is 24.3 Å². The summed E-state index contributed by atoms with van der Waals surface area (Å²) in [6.45, 7) is 1.22. The Balaban J connectivity index is 1.83. The Morgan fingerprint density at radius 3 is 2.62 bits per heavy atom. The van der Waals surface area contributed by atoms with Crippen LogP contribution in [0.2, 0.25) is 0 Å². The van der Waals surface area contributed by atoms with Crippen molar-refractivity contribution in [3.63, 3.8) is 0 Å². The van der Waals surface area contributed by atoms with Gasteiger partial charge in [-0.2, -0.15) is 0 Å². The van der Waals surface area contributed by atoms with Crippen LogP contribution in [0.5, 0.6) is 0 Å². The lowest BCUT2D eigenvalue weighted by molar-refractivity contribution is 0.281. The quantitative estimate of drug-likeness (QED) is 0.687. The molecule has 1 aliphatic rings. The summed E-state index contributed by atoms with van der Waals surface area (Å²) in [6.07, 6.45) is 4.71. The highest BCUT2D eigenvalue weighted by molar-refractivity contribution is 5.16. The SMILES string of the molecule is OCCCNC(Cc1ccccc1)C1CC1. The minimum atomic E-state index is 0.287. The Hall–Kier alpha value is -0.860. The van der Waals surface area contributed by atoms with Crippen LogP contribution in [-0.2, 0) is 6.42 Å². The van der Waals surface area contributed by atoms with Crippen LogP contribution >= 0.6 is 0 Å². The topological polar surface area (TPSA) is 32.3 Å². The molecule has 2 N–H and O–H groups in total. The zero-order chi connectivity index (χ0) is 11.2. The Kier molecular flexibility index (Phi) is 4.37. The zero-order valence-corrected chi connectivity index (χ0v) is 9.73. The number of hydrogen-bond acceptors (Lipinski definition) is 2. The zero-order valence-electron chi connectivity index (χ0n) is 9.73. The first-order valence-corrected chi connectivity index (χ1v) is 6.28. The van der Waals surface area contributed by atoms with Crippen LogP contribution in [0.1, 0.15) is 24.8 Å². The van der Waals surface area contributed by atoms with Gasteiger partial charge in [-0.1, -0.05) is 30.3 Å². The summed E-state index contributed by atoms with van der Waals surface area (Å²) in [5.41, 5.74) is 1.41. The second kappa shape index (κ2) is 6.02. The highest BCUT2D eigenvalue weighted by atomic mass is 16.3. The van der Waals surface area contributed by atoms with E-state index >= 15 is 0 Å². The van der Waals surface area contributed by atoms with E-state index in [4.69, 9.17) is 5.11 Å². The number of hydrogen-bond donors (Lipinski definition) is 2. The summed E-state index contributed by atoms with van der Waals surface area (Å²) in [5.74, 6) is 0.860. The molecular weight excluding hydrogens is 198 g/mol. The maximum atomic E-state index is 8.78. The summed E-state index contributed by atoms with van der Waals surface area (Å²) >= 11 is 0. The average molecular weight is 219 g/mol. The summed E-state index contributed by atoms with van der Waals surface area (Å²) in [4.78, 5) is 0. The Morgan fingerprint density at radius 1 is 1.25 bits per heavy atom. The first kappa shape index (κ1) is 11.6. The van der Waals surface area contributed by atoms with Gasteiger partial charge in [0, 0.05) is 12.6 Å². The molecule has 0 bridgehead atoms. The molecule has 0 heterocycles. The van der Waals surface area contributed by atoms with Gasteiger partial charge >= 0.3 is 0 Å². The number of rotatable bonds is 7. The molecule has 2 rings (SSSR count). The first-order valence-electron chi connectivity index (χ1n) is 6.28. The lowest BCUT2D eigenvalue weighted by atomic mass is 10.0. The molecule has 16 heavy (non-hydrogen) atoms. The molecule has 0 saturated heterocycles. The van der Waals surface area contributed by atoms with Crippen LogP contribution in [0.25, 0.3) is 0 Å². The lowest BCUT2D eigenvalue weighted by Crippen LogP contribution is -2.34. The third kappa shape index (κ3) is 3.62. The van der Waals surface area contributed by atoms with Gasteiger partial charge in [-0.3, -0.25) is 0 Å². The number of benzene rings is 1. The van der Waals surface area contributed by atoms with Crippen LogP contribution in [0.3, 0.4) is 0 Å². The van der Waals surface area contributed by atoms with Gasteiger partial charge in [0.15, 0.2) is 0 Å². The van der Waals surface area contributed by atoms with Crippen molar-refractivity contribution < 1.29 is 5.11 Å². The van der Waals surface area contributed by atoms with Gasteiger partial charge in [0.2, 0.25) is 0 Å². The summed E-state index contributed by atoms with van der Waals surface area (Å²) in [6, 6.07) is 11.3. The van der Waals surface area contributed by atoms with Gasteiger partial charge in [-0.25, -0.2) is 0 Å². The molecule has 0 amide bonds. The molecule has 1 aliphatic carbocycles. The first-order chi connectivity index (χ1) is 7.90. The van der Waals surface area contributed by atoms with E-state index in [-0.39, 0.29) is 6.61 Å². The fourth-order valence-corrected chi connectivity index (χ4v) is 2.14. The maximum Gasteiger partial charge on any atom is 0.0443 e. The highest BCUT2D eigenvalue weighted by Crippen LogP contribution is 2.34. The van der Waals surface area contributed by atoms with Crippen LogP contribution < -0.4 is 5.32 Å². The minimum Gasteiger partial charge on any atom is -0.396 e. The van der Waals surface area contributed by atoms with Crippen molar-refractivity contribution in [2.75, 3.05) is 13.2 Å². The van der Waals surface area contributed by atoms with E-state index in [0.29, 0.717) is 6.04 Å². The normalized spacial score (nSPS) is 17.3. The highest BCUT2D eigenvalue weighted by Gasteiger charge is 2.30. The molecule has 0 aromatic heterocycles. The molecule has 0 aliphatic heterocycles. The van der Waals surface area contributed by atoms with E-state index in [1.54, 1.807) is 0 Å². The fraction of sp³-hybridized carbons (Fsp3) is 0.571. The van der Waals surface area contributed by atoms with Gasteiger partial charge in [0.25, 0.3) is 0 Å². The van der Waals surface area contributed by atoms with Gasteiger partial charge in [0.05, 0.1) is 0 Å². The van der Waals surface area contributed by atoms with Crippen LogP contribution in [0.15, 0.2) is 30.3 Å². The summed E-state index contributed by atoms with van der Waals surface area (Å²) < 4.78 is 0. The van der Waals surface area contributed by atoms with Gasteiger partial charge in [-0.05, 0) is 43.7 Å². The Bertz CT molecular complexity index is 295. The Labute approximate surface area is 97.7 Å². The largest absolute Gasteiger partial charge is 0.396 e. The molecule has 1 aromatic rings. The van der Waals surface area contributed by atoms with Crippen molar-refractivity contribution in [2.24, 2.45) is 5.92 Å². The molecular formula is C14H21NO. The van der Waals surface area contributed by atoms with Gasteiger partial charge in [0.1, 0.15) is 0 Å². The third-order valence-electron chi connectivity index (χ3n) is 3.23. The van der Waals surface area contributed by atoms with Crippen molar-refractivity contribution in [3.8, 4) is 0 Å². The fourth-order valence-electron chi connectivity index (χ4n) is 2.14. The Morgan fingerprint density at radius 2 is 2.00 bits per heavy atom. The number of nitrogens with one attached hydrogen (secondary N) is 1. The van der Waals surface area contributed by atoms with E-state index in [0.717, 1.165) is 25.3 Å². The smallest absolute Gasteiger partial charge is 0.0443 e. The molecule has 2 heteroatoms. The molecule has 2 nitrogen and oxygen atoms in total. The molecule has 88 valence electrons. The molecule has 1 unspecified atom stereocenters. The van der Waals surface area contributed by atoms with Crippen molar-refractivity contribution >= 4 is 0 Å². The number of aliphatic hydroxyl groups is 1. The molecule has 0 radical (unpaired) electrons. The van der Waals surface area contributed by atoms with Crippen molar-refractivity contribution in [3.05, 3.63) is 35.9 Å². The van der Waals surface area contributed by atoms with Crippen LogP contribution in [0, 0.1) is 5.92 Å². The summed E-state index contributed by atoms with van der Waals surface area (Å²) in [5, 5.41) is 12.4. The average Bonchev–Trinajstić information content (AvgIpc) is 3.13. The van der Waals surface area contributed by atoms with E-state index in [2.05, 4.69) is 35.6 Å². The third-order valence-corrected chi connectivity index (χ3v) is 3.23. The molecule has 1 fully saturated rings. The van der Waals surface area contributed by atoms with Crippen molar-refractivity contribution in [1.29, 1.82) is 0 Å². The molecule has 0 spiro atoms. The predicted molar refractivity (Wildman–Crippen MR) is 66.4 cm³/mol. The molecule has 1 saturated carbocycles. The second-order valence-electron chi connectivity index (χ2n) is 4.66. The van der Waals surface area contributed by atoms with E-state index in [9.17, 15) is 0 Å². The monoisotopic (exact) mass is 219 g/mol. The second-order valence-corrected chi connectivity index (χ2v) is 4.66. The van der Waals surface area contributed by atoms with Gasteiger partial charge < -0.3 is 10.4 Å². The predicted octanol–water partition coefficient (Wildman–Crippen LogP) is 1.98. The minimum absolute atomic E-state index is 0.287. The lowest BCUT2D eigenvalue weighted by Gasteiger charge is -2.18. The maximum absolute atomic E-state index is 8.78. The van der Waals surface area contributed by atoms with E-state index in [1.165, 1.54) is 18.4 Å². The standard InChI is InChI=1S/C14H21NO/c16-10-4-9-15-14(13-7-8-13)11-12-5-2-1-3-6-12/h1-3,5-6,13-16H,4,7-11H2. The summed E-state index contributed by atoms with van der Waals surface area (Å²) in [7, 11) is 0. The molecule has 1 aromatic carbocycles. The van der Waals surface area contributed by atoms with E-state index < -0.39 is 0 Å².